The normalized spacial score (nSPS) is 18.2. The highest BCUT2D eigenvalue weighted by molar-refractivity contribution is 7.86. The number of carbonyl (C=O) groups is 3. The molecule has 0 heterocycles. The van der Waals surface area contributed by atoms with Crippen LogP contribution in [0, 0.1) is 5.92 Å². The summed E-state index contributed by atoms with van der Waals surface area (Å²) in [6.45, 7) is 9.29. The van der Waals surface area contributed by atoms with Gasteiger partial charge in [0.1, 0.15) is 12.4 Å². The third-order valence-electron chi connectivity index (χ3n) is 10.0. The molecule has 0 aromatic heterocycles. The van der Waals surface area contributed by atoms with Crippen LogP contribution in [0.15, 0.2) is 60.2 Å². The average molecular weight is 832 g/mol. The predicted molar refractivity (Wildman–Crippen MR) is 217 cm³/mol. The summed E-state index contributed by atoms with van der Waals surface area (Å²) in [4.78, 5) is 37.2. The maximum absolute atomic E-state index is 12.5. The van der Waals surface area contributed by atoms with Crippen LogP contribution in [0.3, 0.4) is 0 Å². The molecule has 0 aliphatic heterocycles. The number of amides is 1. The van der Waals surface area contributed by atoms with E-state index in [0.29, 0.717) is 97.1 Å². The fourth-order valence-electron chi connectivity index (χ4n) is 6.98. The van der Waals surface area contributed by atoms with Crippen LogP contribution in [0.1, 0.15) is 76.3 Å². The third kappa shape index (κ3) is 15.8. The number of esters is 1. The average Bonchev–Trinajstić information content (AvgIpc) is 3.52. The van der Waals surface area contributed by atoms with Crippen LogP contribution in [0.4, 0.5) is 4.79 Å². The summed E-state index contributed by atoms with van der Waals surface area (Å²) in [5, 5.41) is 2.73. The molecule has 0 spiro atoms. The molecule has 0 saturated heterocycles. The first-order valence-corrected chi connectivity index (χ1v) is 22.1. The minimum atomic E-state index is -3.74. The highest BCUT2D eigenvalue weighted by Crippen LogP contribution is 2.44. The van der Waals surface area contributed by atoms with Gasteiger partial charge in [0.25, 0.3) is 10.1 Å². The maximum Gasteiger partial charge on any atom is 0.407 e. The number of alkyl carbamates (subject to hydrolysis) is 1. The van der Waals surface area contributed by atoms with Gasteiger partial charge in [0.2, 0.25) is 0 Å². The van der Waals surface area contributed by atoms with Crippen molar-refractivity contribution in [3.8, 4) is 11.1 Å². The van der Waals surface area contributed by atoms with Gasteiger partial charge in [-0.2, -0.15) is 8.42 Å². The van der Waals surface area contributed by atoms with Gasteiger partial charge in [-0.3, -0.25) is 8.98 Å². The van der Waals surface area contributed by atoms with Crippen molar-refractivity contribution >= 4 is 28.0 Å². The van der Waals surface area contributed by atoms with Crippen LogP contribution in [-0.4, -0.2) is 123 Å². The van der Waals surface area contributed by atoms with Gasteiger partial charge in [0, 0.05) is 43.2 Å². The van der Waals surface area contributed by atoms with Crippen molar-refractivity contribution in [1.82, 2.24) is 5.32 Å². The maximum atomic E-state index is 12.5. The molecule has 0 bridgehead atoms. The minimum absolute atomic E-state index is 0.0149. The molecule has 4 rings (SSSR count). The van der Waals surface area contributed by atoms with Crippen LogP contribution in [0.5, 0.6) is 0 Å². The molecule has 0 radical (unpaired) electrons. The van der Waals surface area contributed by atoms with Gasteiger partial charge < -0.3 is 38.5 Å². The first-order valence-electron chi connectivity index (χ1n) is 20.3. The SMILES string of the molecule is CCOC(=O)C1=C[C@@H](O[C@@H](CC)CCCC(=O)CCOCCOCCOCCOCCNC(=O)OCC2c3ccccc3-c3ccccc32)[C@H](C)[C@@H](OS(C)(=O)=O)C1. The van der Waals surface area contributed by atoms with Crippen molar-refractivity contribution in [3.63, 3.8) is 0 Å². The molecule has 0 saturated carbocycles. The number of Topliss-reactive ketones (excluding diaryl/α,β-unsaturated/α-hetero) is 1. The van der Waals surface area contributed by atoms with Gasteiger partial charge in [-0.15, -0.1) is 0 Å². The first kappa shape index (κ1) is 47.0. The molecule has 15 heteroatoms. The molecule has 0 unspecified atom stereocenters. The number of nitrogens with one attached hydrogen (secondary N) is 1. The van der Waals surface area contributed by atoms with Crippen LogP contribution in [-0.2, 0) is 57.0 Å². The second-order valence-corrected chi connectivity index (χ2v) is 15.9. The van der Waals surface area contributed by atoms with E-state index < -0.39 is 34.4 Å². The second-order valence-electron chi connectivity index (χ2n) is 14.3. The van der Waals surface area contributed by atoms with Crippen molar-refractivity contribution in [2.75, 3.05) is 78.9 Å². The Labute approximate surface area is 343 Å². The quantitative estimate of drug-likeness (QED) is 0.0625. The van der Waals surface area contributed by atoms with E-state index in [1.165, 1.54) is 22.3 Å². The van der Waals surface area contributed by atoms with Crippen LogP contribution in [0.25, 0.3) is 11.1 Å². The number of benzene rings is 2. The highest BCUT2D eigenvalue weighted by atomic mass is 32.2. The molecule has 14 nitrogen and oxygen atoms in total. The van der Waals surface area contributed by atoms with E-state index in [0.717, 1.165) is 6.26 Å². The van der Waals surface area contributed by atoms with Gasteiger partial charge in [0.15, 0.2) is 0 Å². The lowest BCUT2D eigenvalue weighted by Crippen LogP contribution is -2.40. The van der Waals surface area contributed by atoms with Crippen LogP contribution < -0.4 is 5.32 Å². The van der Waals surface area contributed by atoms with Gasteiger partial charge in [0.05, 0.1) is 84.0 Å². The fraction of sp³-hybridized carbons (Fsp3) is 0.605. The molecule has 0 fully saturated rings. The Kier molecular flexibility index (Phi) is 20.3. The van der Waals surface area contributed by atoms with E-state index >= 15 is 0 Å². The lowest BCUT2D eigenvalue weighted by molar-refractivity contribution is -0.139. The summed E-state index contributed by atoms with van der Waals surface area (Å²) in [6, 6.07) is 16.4. The standard InChI is InChI=1S/C43H61NO13S/c1-5-34(56-40-28-32(42(46)54-6-2)29-41(31(40)3)57-58(4,48)49)13-11-12-33(45)18-20-50-22-24-52-26-27-53-25-23-51-21-19-44-43(47)55-30-39-37-16-9-7-14-35(37)36-15-8-10-17-38(36)39/h7-10,14-17,28,31,34,39-41H,5-6,11-13,18-27,29-30H2,1-4H3,(H,44,47)/t31-,34-,40+,41-/m0/s1. The predicted octanol–water partition coefficient (Wildman–Crippen LogP) is 5.76. The molecule has 322 valence electrons. The summed E-state index contributed by atoms with van der Waals surface area (Å²) in [5.41, 5.74) is 5.04. The molecule has 2 aromatic carbocycles. The number of ether oxygens (including phenoxy) is 7. The summed E-state index contributed by atoms with van der Waals surface area (Å²) in [6.07, 6.45) is 3.50. The molecule has 4 atom stereocenters. The van der Waals surface area contributed by atoms with Crippen molar-refractivity contribution < 1.29 is 60.1 Å². The van der Waals surface area contributed by atoms with E-state index in [2.05, 4.69) is 29.6 Å². The first-order chi connectivity index (χ1) is 28.0. The lowest BCUT2D eigenvalue weighted by atomic mass is 9.85. The summed E-state index contributed by atoms with van der Waals surface area (Å²) in [5.74, 6) is -0.719. The number of carbonyl (C=O) groups excluding carboxylic acids is 3. The lowest BCUT2D eigenvalue weighted by Gasteiger charge is -2.35. The zero-order valence-electron chi connectivity index (χ0n) is 34.3. The Morgan fingerprint density at radius 3 is 1.97 bits per heavy atom. The number of rotatable bonds is 28. The van der Waals surface area contributed by atoms with E-state index in [1.807, 2.05) is 38.1 Å². The third-order valence-corrected chi connectivity index (χ3v) is 10.6. The Bertz CT molecular complexity index is 1690. The largest absolute Gasteiger partial charge is 0.463 e. The topological polar surface area (TPSA) is 171 Å². The zero-order valence-corrected chi connectivity index (χ0v) is 35.1. The molecule has 2 aromatic rings. The van der Waals surface area contributed by atoms with E-state index in [9.17, 15) is 22.8 Å². The number of ketones is 1. The monoisotopic (exact) mass is 831 g/mol. The summed E-state index contributed by atoms with van der Waals surface area (Å²) in [7, 11) is -3.74. The Morgan fingerprint density at radius 2 is 1.38 bits per heavy atom. The molecule has 2 aliphatic rings. The minimum Gasteiger partial charge on any atom is -0.463 e. The number of hydrogen-bond acceptors (Lipinski definition) is 13. The Morgan fingerprint density at radius 1 is 0.793 bits per heavy atom. The van der Waals surface area contributed by atoms with Gasteiger partial charge in [-0.1, -0.05) is 62.4 Å². The number of fused-ring (bicyclic) bond motifs is 3. The van der Waals surface area contributed by atoms with E-state index in [4.69, 9.17) is 37.3 Å². The van der Waals surface area contributed by atoms with Gasteiger partial charge in [-0.05, 0) is 54.5 Å². The second kappa shape index (κ2) is 25.0. The molecular weight excluding hydrogens is 771 g/mol. The van der Waals surface area contributed by atoms with Crippen LogP contribution >= 0.6 is 0 Å². The van der Waals surface area contributed by atoms with Crippen LogP contribution in [0.2, 0.25) is 0 Å². The summed E-state index contributed by atoms with van der Waals surface area (Å²) < 4.78 is 68.2. The van der Waals surface area contributed by atoms with E-state index in [1.54, 1.807) is 13.0 Å². The zero-order chi connectivity index (χ0) is 41.8. The van der Waals surface area contributed by atoms with Crippen molar-refractivity contribution in [1.29, 1.82) is 0 Å². The molecule has 1 N–H and O–H groups in total. The fourth-order valence-corrected chi connectivity index (χ4v) is 7.67. The highest BCUT2D eigenvalue weighted by Gasteiger charge is 2.37. The smallest absolute Gasteiger partial charge is 0.407 e. The number of hydrogen-bond donors (Lipinski definition) is 1. The van der Waals surface area contributed by atoms with E-state index in [-0.39, 0.29) is 43.4 Å². The van der Waals surface area contributed by atoms with Crippen molar-refractivity contribution in [2.24, 2.45) is 5.92 Å². The Balaban J connectivity index is 0.952. The molecule has 58 heavy (non-hydrogen) atoms. The molecular formula is C43H61NO13S. The van der Waals surface area contributed by atoms with Gasteiger partial charge >= 0.3 is 12.1 Å². The van der Waals surface area contributed by atoms with Gasteiger partial charge in [-0.25, -0.2) is 9.59 Å². The Hall–Kier alpha value is -3.70. The summed E-state index contributed by atoms with van der Waals surface area (Å²) >= 11 is 0. The molecule has 1 amide bonds. The molecule has 2 aliphatic carbocycles. The van der Waals surface area contributed by atoms with Crippen molar-refractivity contribution in [2.45, 2.75) is 83.5 Å². The van der Waals surface area contributed by atoms with Crippen molar-refractivity contribution in [3.05, 3.63) is 71.3 Å².